The zero-order valence-corrected chi connectivity index (χ0v) is 8.06. The van der Waals surface area contributed by atoms with Gasteiger partial charge in [0.05, 0.1) is 0 Å². The van der Waals surface area contributed by atoms with E-state index in [1.54, 1.807) is 6.92 Å². The van der Waals surface area contributed by atoms with Crippen molar-refractivity contribution in [2.24, 2.45) is 0 Å². The van der Waals surface area contributed by atoms with E-state index in [-0.39, 0.29) is 6.42 Å². The molecule has 8 heavy (non-hydrogen) atoms. The van der Waals surface area contributed by atoms with Crippen molar-refractivity contribution in [2.45, 2.75) is 24.3 Å². The summed E-state index contributed by atoms with van der Waals surface area (Å²) in [4.78, 5) is 9.37. The molecule has 0 aliphatic heterocycles. The van der Waals surface area contributed by atoms with Crippen LogP contribution < -0.4 is 0 Å². The second-order valence-corrected chi connectivity index (χ2v) is 3.75. The van der Waals surface area contributed by atoms with E-state index in [1.807, 2.05) is 0 Å². The topological polar surface area (TPSA) is 37.3 Å². The van der Waals surface area contributed by atoms with Crippen molar-refractivity contribution in [1.29, 1.82) is 0 Å². The van der Waals surface area contributed by atoms with Gasteiger partial charge in [0.2, 0.25) is 0 Å². The normalized spacial score (nSPS) is 6.38. The van der Waals surface area contributed by atoms with Crippen molar-refractivity contribution in [3.63, 3.8) is 0 Å². The Morgan fingerprint density at radius 3 is 1.75 bits per heavy atom. The van der Waals surface area contributed by atoms with Gasteiger partial charge in [-0.15, -0.1) is 0 Å². The Labute approximate surface area is 58.1 Å². The monoisotopic (exact) mass is 173 g/mol. The standard InChI is InChI=1S/C3H6O2.2CH3.Ga/c1-2-3(4)5;;;/h2H2,1H3,(H,4,5);2*1H3;. The van der Waals surface area contributed by atoms with Gasteiger partial charge in [-0.05, 0) is 0 Å². The third kappa shape index (κ3) is 35.9. The first kappa shape index (κ1) is 11.0. The number of hydrogen-bond donors (Lipinski definition) is 1. The third-order valence-electron chi connectivity index (χ3n) is 0.302. The molecular formula is C5H12GaO2. The molecule has 0 heterocycles. The summed E-state index contributed by atoms with van der Waals surface area (Å²) >= 11 is 0.312. The first-order chi connectivity index (χ1) is 3.68. The molecule has 3 heteroatoms. The van der Waals surface area contributed by atoms with Gasteiger partial charge in [-0.1, -0.05) is 6.92 Å². The Kier molecular flexibility index (Phi) is 13.9. The summed E-state index contributed by atoms with van der Waals surface area (Å²) < 4.78 is 0. The quantitative estimate of drug-likeness (QED) is 0.607. The van der Waals surface area contributed by atoms with Crippen molar-refractivity contribution in [3.8, 4) is 0 Å². The number of carbonyl (C=O) groups is 1. The first-order valence-corrected chi connectivity index (χ1v) is 7.49. The van der Waals surface area contributed by atoms with E-state index in [0.717, 1.165) is 0 Å². The molecule has 0 rings (SSSR count). The fourth-order valence-corrected chi connectivity index (χ4v) is 0. The molecular weight excluding hydrogens is 162 g/mol. The summed E-state index contributed by atoms with van der Waals surface area (Å²) in [7, 11) is 0. The SMILES string of the molecule is CCC(=O)O.[CH3][Ga][CH3]. The molecule has 0 aliphatic carbocycles. The van der Waals surface area contributed by atoms with Gasteiger partial charge in [-0.25, -0.2) is 0 Å². The van der Waals surface area contributed by atoms with Crippen LogP contribution in [0.3, 0.4) is 0 Å². The van der Waals surface area contributed by atoms with E-state index in [9.17, 15) is 4.79 Å². The van der Waals surface area contributed by atoms with Gasteiger partial charge in [-0.3, -0.25) is 4.79 Å². The van der Waals surface area contributed by atoms with Gasteiger partial charge in [0.15, 0.2) is 0 Å². The predicted molar refractivity (Wildman–Crippen MR) is 35.4 cm³/mol. The van der Waals surface area contributed by atoms with Crippen LogP contribution in [0.1, 0.15) is 13.3 Å². The van der Waals surface area contributed by atoms with Crippen LogP contribution in [0, 0.1) is 0 Å². The molecule has 0 atom stereocenters. The molecule has 47 valence electrons. The van der Waals surface area contributed by atoms with Crippen molar-refractivity contribution in [2.75, 3.05) is 0 Å². The first-order valence-electron chi connectivity index (χ1n) is 2.64. The van der Waals surface area contributed by atoms with Gasteiger partial charge in [0.25, 0.3) is 0 Å². The number of carboxylic acids is 1. The number of aliphatic carboxylic acids is 1. The Morgan fingerprint density at radius 2 is 1.75 bits per heavy atom. The van der Waals surface area contributed by atoms with E-state index in [0.29, 0.717) is 17.4 Å². The Morgan fingerprint density at radius 1 is 1.62 bits per heavy atom. The summed E-state index contributed by atoms with van der Waals surface area (Å²) in [5.41, 5.74) is 4.56. The van der Waals surface area contributed by atoms with Crippen LogP contribution in [0.25, 0.3) is 0 Å². The maximum absolute atomic E-state index is 9.37. The second-order valence-electron chi connectivity index (χ2n) is 1.32. The average molecular weight is 174 g/mol. The minimum absolute atomic E-state index is 0.222. The summed E-state index contributed by atoms with van der Waals surface area (Å²) in [5.74, 6) is -0.745. The second kappa shape index (κ2) is 10.2. The third-order valence-corrected chi connectivity index (χ3v) is 0.302. The average Bonchev–Trinajstić information content (AvgIpc) is 1.69. The molecule has 0 aliphatic rings. The summed E-state index contributed by atoms with van der Waals surface area (Å²) in [5, 5.41) is 7.72. The van der Waals surface area contributed by atoms with Crippen LogP contribution in [0.2, 0.25) is 11.0 Å². The van der Waals surface area contributed by atoms with Gasteiger partial charge in [-0.2, -0.15) is 0 Å². The van der Waals surface area contributed by atoms with Crippen molar-refractivity contribution in [3.05, 3.63) is 0 Å². The van der Waals surface area contributed by atoms with Crippen LogP contribution in [-0.4, -0.2) is 28.5 Å². The molecule has 0 fully saturated rings. The van der Waals surface area contributed by atoms with Gasteiger partial charge in [0, 0.05) is 6.42 Å². The molecule has 0 unspecified atom stereocenters. The summed E-state index contributed by atoms with van der Waals surface area (Å²) in [6.45, 7) is 1.60. The molecule has 0 saturated heterocycles. The molecule has 0 spiro atoms. The van der Waals surface area contributed by atoms with Crippen LogP contribution in [0.4, 0.5) is 0 Å². The fourth-order valence-electron chi connectivity index (χ4n) is 0. The van der Waals surface area contributed by atoms with Crippen LogP contribution >= 0.6 is 0 Å². The number of carboxylic acid groups (broad SMARTS) is 1. The van der Waals surface area contributed by atoms with E-state index in [1.165, 1.54) is 0 Å². The van der Waals surface area contributed by atoms with Crippen LogP contribution in [-0.2, 0) is 4.79 Å². The molecule has 1 radical (unpaired) electrons. The van der Waals surface area contributed by atoms with Crippen molar-refractivity contribution >= 4 is 23.4 Å². The summed E-state index contributed by atoms with van der Waals surface area (Å²) in [6.07, 6.45) is 0.222. The number of rotatable bonds is 1. The fraction of sp³-hybridized carbons (Fsp3) is 0.800. The molecule has 2 nitrogen and oxygen atoms in total. The molecule has 0 bridgehead atoms. The van der Waals surface area contributed by atoms with E-state index >= 15 is 0 Å². The predicted octanol–water partition coefficient (Wildman–Crippen LogP) is 1.27. The minimum atomic E-state index is -0.745. The summed E-state index contributed by atoms with van der Waals surface area (Å²) in [6, 6.07) is 0. The van der Waals surface area contributed by atoms with Gasteiger partial charge < -0.3 is 5.11 Å². The number of hydrogen-bond acceptors (Lipinski definition) is 1. The molecule has 0 aromatic carbocycles. The van der Waals surface area contributed by atoms with Gasteiger partial charge in [0.1, 0.15) is 0 Å². The van der Waals surface area contributed by atoms with E-state index in [2.05, 4.69) is 11.0 Å². The Balaban J connectivity index is 0. The van der Waals surface area contributed by atoms with Crippen LogP contribution in [0.15, 0.2) is 0 Å². The van der Waals surface area contributed by atoms with E-state index in [4.69, 9.17) is 5.11 Å². The Hall–Kier alpha value is 0.106. The molecule has 0 amide bonds. The van der Waals surface area contributed by atoms with E-state index < -0.39 is 5.97 Å². The zero-order valence-electron chi connectivity index (χ0n) is 5.64. The van der Waals surface area contributed by atoms with Crippen LogP contribution in [0.5, 0.6) is 0 Å². The van der Waals surface area contributed by atoms with Gasteiger partial charge >= 0.3 is 34.3 Å². The molecule has 0 saturated carbocycles. The maximum atomic E-state index is 9.37. The van der Waals surface area contributed by atoms with Crippen molar-refractivity contribution < 1.29 is 9.90 Å². The molecule has 1 N–H and O–H groups in total. The molecule has 0 aromatic heterocycles. The van der Waals surface area contributed by atoms with Crippen molar-refractivity contribution in [1.82, 2.24) is 0 Å². The Bertz CT molecular complexity index is 54.4. The zero-order chi connectivity index (χ0) is 6.99. The molecule has 0 aromatic rings.